The third kappa shape index (κ3) is 2.11. The van der Waals surface area contributed by atoms with Crippen molar-refractivity contribution in [2.45, 2.75) is 0 Å². The molecule has 3 heteroatoms. The zero-order valence-electron chi connectivity index (χ0n) is 5.74. The van der Waals surface area contributed by atoms with Crippen LogP contribution >= 0.6 is 19.8 Å². The van der Waals surface area contributed by atoms with Gasteiger partial charge in [-0.3, -0.25) is 0 Å². The molecule has 2 nitrogen and oxygen atoms in total. The Morgan fingerprint density at radius 3 is 2.00 bits per heavy atom. The van der Waals surface area contributed by atoms with Crippen molar-refractivity contribution in [3.05, 3.63) is 33.9 Å². The average Bonchev–Trinajstić information content (AvgIpc) is 2.09. The molecule has 0 aliphatic carbocycles. The second kappa shape index (κ2) is 4.23. The summed E-state index contributed by atoms with van der Waals surface area (Å²) in [5, 5.41) is 0. The van der Waals surface area contributed by atoms with E-state index >= 15 is 0 Å². The summed E-state index contributed by atoms with van der Waals surface area (Å²) in [5.74, 6) is 0. The van der Waals surface area contributed by atoms with Crippen LogP contribution in [0.2, 0.25) is 0 Å². The van der Waals surface area contributed by atoms with Crippen molar-refractivity contribution >= 4 is 28.4 Å². The normalized spacial score (nSPS) is 10.4. The van der Waals surface area contributed by atoms with Gasteiger partial charge in [-0.2, -0.15) is 0 Å². The molecule has 0 saturated heterocycles. The molecule has 0 radical (unpaired) electrons. The predicted octanol–water partition coefficient (Wildman–Crippen LogP) is 1.74. The number of hydrogen-bond acceptors (Lipinski definition) is 2. The topological polar surface area (TPSA) is 34.1 Å². The molecule has 0 unspecified atom stereocenters. The van der Waals surface area contributed by atoms with Gasteiger partial charge in [-0.05, 0) is 0 Å². The van der Waals surface area contributed by atoms with E-state index in [1.807, 2.05) is 30.3 Å². The number of carbonyl (C=O) groups excluding carboxylic acids is 2. The quantitative estimate of drug-likeness (QED) is 0.472. The summed E-state index contributed by atoms with van der Waals surface area (Å²) in [6.45, 7) is 0. The summed E-state index contributed by atoms with van der Waals surface area (Å²) in [4.78, 5) is 20.7. The Morgan fingerprint density at radius 1 is 1.00 bits per heavy atom. The minimum absolute atomic E-state index is 0.798. The summed E-state index contributed by atoms with van der Waals surface area (Å²) < 4.78 is 2.50. The summed E-state index contributed by atoms with van der Waals surface area (Å²) >= 11 is -2.08. The van der Waals surface area contributed by atoms with Crippen LogP contribution in [0.15, 0.2) is 30.3 Å². The van der Waals surface area contributed by atoms with Gasteiger partial charge in [0.15, 0.2) is 0 Å². The maximum absolute atomic E-state index is 10.4. The van der Waals surface area contributed by atoms with Gasteiger partial charge < -0.3 is 0 Å². The first-order chi connectivity index (χ1) is 5.38. The van der Waals surface area contributed by atoms with Crippen LogP contribution in [0, 0.1) is 3.57 Å². The number of carbonyl (C=O) groups is 2. The number of rotatable bonds is 3. The predicted molar refractivity (Wildman–Crippen MR) is 52.7 cm³/mol. The molecule has 1 aromatic carbocycles. The zero-order valence-corrected chi connectivity index (χ0v) is 7.89. The molecule has 0 atom stereocenters. The Balaban J connectivity index is 2.90. The van der Waals surface area contributed by atoms with Crippen molar-refractivity contribution in [3.8, 4) is 0 Å². The van der Waals surface area contributed by atoms with Gasteiger partial charge in [0, 0.05) is 0 Å². The Labute approximate surface area is 72.0 Å². The van der Waals surface area contributed by atoms with Crippen molar-refractivity contribution in [2.24, 2.45) is 0 Å². The molecule has 0 N–H and O–H groups in total. The monoisotopic (exact) mass is 262 g/mol. The molecule has 0 amide bonds. The first-order valence-corrected chi connectivity index (χ1v) is 6.58. The van der Waals surface area contributed by atoms with E-state index in [0.29, 0.717) is 0 Å². The van der Waals surface area contributed by atoms with E-state index in [2.05, 4.69) is 0 Å². The average molecular weight is 262 g/mol. The van der Waals surface area contributed by atoms with Crippen LogP contribution in [-0.4, -0.2) is 8.59 Å². The maximum atomic E-state index is 10.4. The third-order valence-corrected chi connectivity index (χ3v) is 4.43. The van der Waals surface area contributed by atoms with E-state index in [4.69, 9.17) is 0 Å². The van der Waals surface area contributed by atoms with Gasteiger partial charge in [0.1, 0.15) is 0 Å². The van der Waals surface area contributed by atoms with Gasteiger partial charge in [-0.1, -0.05) is 0 Å². The molecule has 0 fully saturated rings. The van der Waals surface area contributed by atoms with Crippen LogP contribution in [0.25, 0.3) is 0 Å². The number of hydrogen-bond donors (Lipinski definition) is 0. The summed E-state index contributed by atoms with van der Waals surface area (Å²) in [7, 11) is 0. The molecule has 1 rings (SSSR count). The molecule has 0 spiro atoms. The van der Waals surface area contributed by atoms with Crippen LogP contribution in [-0.2, 0) is 9.59 Å². The second-order valence-electron chi connectivity index (χ2n) is 1.82. The van der Waals surface area contributed by atoms with Gasteiger partial charge >= 0.3 is 71.9 Å². The molecule has 1 aromatic rings. The van der Waals surface area contributed by atoms with Gasteiger partial charge in [0.05, 0.1) is 0 Å². The first-order valence-electron chi connectivity index (χ1n) is 3.01. The molecule has 0 aliphatic rings. The van der Waals surface area contributed by atoms with Crippen molar-refractivity contribution in [1.82, 2.24) is 0 Å². The van der Waals surface area contributed by atoms with Crippen LogP contribution in [0.4, 0.5) is 0 Å². The molecule has 0 bridgehead atoms. The first kappa shape index (κ1) is 8.39. The molecule has 0 saturated carbocycles. The van der Waals surface area contributed by atoms with E-state index in [9.17, 15) is 9.59 Å². The van der Waals surface area contributed by atoms with E-state index < -0.39 is 19.8 Å². The summed E-state index contributed by atoms with van der Waals surface area (Å²) in [5.41, 5.74) is 0. The SMILES string of the molecule is O=CI(C=O)c1ccccc1. The standard InChI is InChI=1S/C8H7IO2/c10-6-9(7-11)8-4-2-1-3-5-8/h1-7H. The minimum atomic E-state index is -2.08. The van der Waals surface area contributed by atoms with Crippen molar-refractivity contribution in [3.63, 3.8) is 0 Å². The molecule has 11 heavy (non-hydrogen) atoms. The van der Waals surface area contributed by atoms with Gasteiger partial charge in [-0.25, -0.2) is 0 Å². The second-order valence-corrected chi connectivity index (χ2v) is 6.05. The molecule has 0 heterocycles. The Kier molecular flexibility index (Phi) is 3.22. The molecular formula is C8H7IO2. The zero-order chi connectivity index (χ0) is 8.10. The van der Waals surface area contributed by atoms with E-state index in [-0.39, 0.29) is 0 Å². The fourth-order valence-electron chi connectivity index (χ4n) is 0.684. The number of halogens is 1. The molecule has 58 valence electrons. The summed E-state index contributed by atoms with van der Waals surface area (Å²) in [6.07, 6.45) is 0. The van der Waals surface area contributed by atoms with Crippen LogP contribution in [0.1, 0.15) is 0 Å². The molecule has 0 aliphatic heterocycles. The van der Waals surface area contributed by atoms with Gasteiger partial charge in [0.2, 0.25) is 0 Å². The fourth-order valence-corrected chi connectivity index (χ4v) is 2.64. The fraction of sp³-hybridized carbons (Fsp3) is 0. The molecule has 0 aromatic heterocycles. The van der Waals surface area contributed by atoms with Crippen LogP contribution < -0.4 is 0 Å². The molecular weight excluding hydrogens is 255 g/mol. The van der Waals surface area contributed by atoms with Crippen molar-refractivity contribution in [2.75, 3.05) is 0 Å². The van der Waals surface area contributed by atoms with E-state index in [0.717, 1.165) is 12.2 Å². The number of benzene rings is 1. The van der Waals surface area contributed by atoms with Gasteiger partial charge in [0.25, 0.3) is 0 Å². The van der Waals surface area contributed by atoms with Crippen LogP contribution in [0.5, 0.6) is 0 Å². The van der Waals surface area contributed by atoms with Crippen molar-refractivity contribution in [1.29, 1.82) is 0 Å². The third-order valence-electron chi connectivity index (χ3n) is 1.18. The Hall–Kier alpha value is -0.710. The van der Waals surface area contributed by atoms with Gasteiger partial charge in [-0.15, -0.1) is 0 Å². The summed E-state index contributed by atoms with van der Waals surface area (Å²) in [6, 6.07) is 9.20. The van der Waals surface area contributed by atoms with Crippen molar-refractivity contribution < 1.29 is 9.59 Å². The van der Waals surface area contributed by atoms with E-state index in [1.165, 1.54) is 0 Å². The Morgan fingerprint density at radius 2 is 1.55 bits per heavy atom. The Bertz CT molecular complexity index is 238. The van der Waals surface area contributed by atoms with Crippen LogP contribution in [0.3, 0.4) is 0 Å². The van der Waals surface area contributed by atoms with E-state index in [1.54, 1.807) is 0 Å².